The largest absolute Gasteiger partial charge is 0.479 e. The average Bonchev–Trinajstić information content (AvgIpc) is 2.45. The second kappa shape index (κ2) is 6.60. The van der Waals surface area contributed by atoms with Crippen LogP contribution in [0.4, 0.5) is 13.2 Å². The van der Waals surface area contributed by atoms with Crippen molar-refractivity contribution in [1.82, 2.24) is 4.72 Å². The van der Waals surface area contributed by atoms with Gasteiger partial charge in [-0.1, -0.05) is 23.2 Å². The van der Waals surface area contributed by atoms with Gasteiger partial charge in [0.2, 0.25) is 10.0 Å². The van der Waals surface area contributed by atoms with E-state index in [0.717, 1.165) is 30.5 Å². The lowest BCUT2D eigenvalue weighted by molar-refractivity contribution is -0.138. The number of sulfonamides is 1. The Labute approximate surface area is 150 Å². The highest BCUT2D eigenvalue weighted by Crippen LogP contribution is 2.36. The van der Waals surface area contributed by atoms with Crippen LogP contribution in [0.25, 0.3) is 0 Å². The number of carboxylic acid groups (broad SMARTS) is 1. The molecule has 0 bridgehead atoms. The van der Waals surface area contributed by atoms with Crippen molar-refractivity contribution < 1.29 is 31.5 Å². The fraction of sp³-hybridized carbons (Fsp3) is 0.231. The summed E-state index contributed by atoms with van der Waals surface area (Å²) in [6.45, 7) is 0. The molecule has 25 heavy (non-hydrogen) atoms. The first kappa shape index (κ1) is 19.7. The van der Waals surface area contributed by atoms with Gasteiger partial charge in [-0.05, 0) is 30.4 Å². The molecule has 0 saturated heterocycles. The van der Waals surface area contributed by atoms with Crippen LogP contribution in [0, 0.1) is 0 Å². The van der Waals surface area contributed by atoms with Crippen LogP contribution in [0.2, 0.25) is 5.02 Å². The number of halogens is 5. The molecule has 1 heterocycles. The molecule has 1 aliphatic rings. The molecule has 2 rings (SSSR count). The number of aliphatic carboxylic acids is 1. The molecule has 12 heteroatoms. The molecule has 136 valence electrons. The quantitative estimate of drug-likeness (QED) is 0.448. The molecule has 2 atom stereocenters. The average molecular weight is 417 g/mol. The number of rotatable bonds is 4. The first-order valence-electron chi connectivity index (χ1n) is 6.40. The number of benzene rings is 1. The van der Waals surface area contributed by atoms with E-state index in [4.69, 9.17) is 28.3 Å². The van der Waals surface area contributed by atoms with Gasteiger partial charge < -0.3 is 5.11 Å². The van der Waals surface area contributed by atoms with Gasteiger partial charge in [-0.3, -0.25) is 4.99 Å². The Balaban J connectivity index is 2.33. The highest BCUT2D eigenvalue weighted by Gasteiger charge is 2.37. The number of carbonyl (C=O) groups is 1. The van der Waals surface area contributed by atoms with Gasteiger partial charge in [-0.25, -0.2) is 13.2 Å². The highest BCUT2D eigenvalue weighted by atomic mass is 35.5. The summed E-state index contributed by atoms with van der Waals surface area (Å²) in [5.41, 5.74) is -1.32. The zero-order chi connectivity index (χ0) is 19.0. The van der Waals surface area contributed by atoms with E-state index in [1.165, 1.54) is 0 Å². The van der Waals surface area contributed by atoms with Crippen LogP contribution in [0.1, 0.15) is 5.56 Å². The van der Waals surface area contributed by atoms with Crippen LogP contribution in [0.3, 0.4) is 0 Å². The van der Waals surface area contributed by atoms with Gasteiger partial charge in [-0.15, -0.1) is 0 Å². The second-order valence-corrected chi connectivity index (χ2v) is 7.65. The topological polar surface area (TPSA) is 95.8 Å². The minimum absolute atomic E-state index is 0.370. The number of dihydropyridines is 1. The minimum atomic E-state index is -4.85. The Morgan fingerprint density at radius 2 is 2.00 bits per heavy atom. The fourth-order valence-corrected chi connectivity index (χ4v) is 3.70. The fourth-order valence-electron chi connectivity index (χ4n) is 1.87. The third-order valence-electron chi connectivity index (χ3n) is 3.04. The maximum absolute atomic E-state index is 12.9. The molecular weight excluding hydrogens is 408 g/mol. The lowest BCUT2D eigenvalue weighted by Crippen LogP contribution is -2.45. The van der Waals surface area contributed by atoms with E-state index in [2.05, 4.69) is 4.99 Å². The Bertz CT molecular complexity index is 855. The van der Waals surface area contributed by atoms with Crippen LogP contribution >= 0.6 is 23.2 Å². The van der Waals surface area contributed by atoms with Crippen molar-refractivity contribution in [2.45, 2.75) is 22.1 Å². The lowest BCUT2D eigenvalue weighted by Gasteiger charge is -2.24. The van der Waals surface area contributed by atoms with Crippen molar-refractivity contribution in [2.24, 2.45) is 4.99 Å². The van der Waals surface area contributed by atoms with Crippen molar-refractivity contribution in [2.75, 3.05) is 0 Å². The van der Waals surface area contributed by atoms with Crippen molar-refractivity contribution in [3.8, 4) is 0 Å². The van der Waals surface area contributed by atoms with E-state index in [0.29, 0.717) is 6.07 Å². The summed E-state index contributed by atoms with van der Waals surface area (Å²) >= 11 is 11.4. The molecular formula is C13H9Cl2F3N2O4S. The highest BCUT2D eigenvalue weighted by molar-refractivity contribution is 7.89. The molecule has 0 amide bonds. The summed E-state index contributed by atoms with van der Waals surface area (Å²) in [5.74, 6) is -1.28. The van der Waals surface area contributed by atoms with Gasteiger partial charge >= 0.3 is 12.1 Å². The van der Waals surface area contributed by atoms with Crippen molar-refractivity contribution >= 4 is 45.4 Å². The van der Waals surface area contributed by atoms with Gasteiger partial charge in [-0.2, -0.15) is 17.9 Å². The van der Waals surface area contributed by atoms with Gasteiger partial charge in [0.1, 0.15) is 0 Å². The minimum Gasteiger partial charge on any atom is -0.479 e. The molecule has 2 unspecified atom stereocenters. The molecule has 1 aliphatic heterocycles. The number of carboxylic acids is 1. The molecule has 1 aromatic carbocycles. The van der Waals surface area contributed by atoms with E-state index in [1.807, 2.05) is 4.72 Å². The predicted octanol–water partition coefficient (Wildman–Crippen LogP) is 2.67. The monoisotopic (exact) mass is 416 g/mol. The van der Waals surface area contributed by atoms with Gasteiger partial charge in [0, 0.05) is 6.21 Å². The molecule has 0 fully saturated rings. The molecule has 0 radical (unpaired) electrons. The lowest BCUT2D eigenvalue weighted by atomic mass is 10.1. The van der Waals surface area contributed by atoms with Crippen molar-refractivity contribution in [3.63, 3.8) is 0 Å². The summed E-state index contributed by atoms with van der Waals surface area (Å²) in [6, 6.07) is 0.813. The van der Waals surface area contributed by atoms with Crippen LogP contribution in [-0.2, 0) is 21.0 Å². The smallest absolute Gasteiger partial charge is 0.417 e. The molecule has 0 aromatic heterocycles. The van der Waals surface area contributed by atoms with Crippen LogP contribution in [-0.4, -0.2) is 36.7 Å². The number of alkyl halides is 4. The summed E-state index contributed by atoms with van der Waals surface area (Å²) in [7, 11) is -4.49. The van der Waals surface area contributed by atoms with Crippen LogP contribution in [0.5, 0.6) is 0 Å². The summed E-state index contributed by atoms with van der Waals surface area (Å²) in [6.07, 6.45) is -1.94. The third-order valence-corrected chi connectivity index (χ3v) is 5.28. The van der Waals surface area contributed by atoms with Crippen molar-refractivity contribution in [1.29, 1.82) is 0 Å². The second-order valence-electron chi connectivity index (χ2n) is 4.93. The molecule has 0 spiro atoms. The first-order chi connectivity index (χ1) is 11.3. The third kappa shape index (κ3) is 4.51. The summed E-state index contributed by atoms with van der Waals surface area (Å²) in [4.78, 5) is 11.7. The van der Waals surface area contributed by atoms with Crippen LogP contribution in [0.15, 0.2) is 40.2 Å². The van der Waals surface area contributed by atoms with Gasteiger partial charge in [0.15, 0.2) is 11.0 Å². The molecule has 0 aliphatic carbocycles. The van der Waals surface area contributed by atoms with E-state index in [-0.39, 0.29) is 0 Å². The number of aliphatic imine (C=N–C) groups is 1. The van der Waals surface area contributed by atoms with Gasteiger partial charge in [0.25, 0.3) is 0 Å². The predicted molar refractivity (Wildman–Crippen MR) is 84.4 cm³/mol. The Morgan fingerprint density at radius 3 is 2.48 bits per heavy atom. The summed E-state index contributed by atoms with van der Waals surface area (Å²) < 4.78 is 65.1. The van der Waals surface area contributed by atoms with E-state index in [1.54, 1.807) is 0 Å². The first-order valence-corrected chi connectivity index (χ1v) is 8.64. The van der Waals surface area contributed by atoms with E-state index in [9.17, 15) is 26.4 Å². The zero-order valence-electron chi connectivity index (χ0n) is 12.0. The Kier molecular flexibility index (Phi) is 5.20. The maximum atomic E-state index is 12.9. The van der Waals surface area contributed by atoms with E-state index < -0.39 is 48.7 Å². The number of nitrogens with one attached hydrogen (secondary N) is 1. The zero-order valence-corrected chi connectivity index (χ0v) is 14.3. The maximum Gasteiger partial charge on any atom is 0.417 e. The van der Waals surface area contributed by atoms with Gasteiger partial charge in [0.05, 0.1) is 15.5 Å². The van der Waals surface area contributed by atoms with Crippen LogP contribution < -0.4 is 4.72 Å². The molecule has 6 nitrogen and oxygen atoms in total. The molecule has 1 aromatic rings. The molecule has 0 saturated carbocycles. The van der Waals surface area contributed by atoms with Crippen molar-refractivity contribution in [3.05, 3.63) is 40.9 Å². The standard InChI is InChI=1S/C13H9Cl2F3N2O4S/c14-9-2-1-7(5-8(9)13(16,17)18)25(23,24)20-12(15)4-3-10(11(21)22)19-6-12/h1-6,10,20H,(H,21,22). The number of hydrogen-bond acceptors (Lipinski definition) is 4. The Morgan fingerprint density at radius 1 is 1.36 bits per heavy atom. The Hall–Kier alpha value is -1.62. The molecule has 2 N–H and O–H groups in total. The summed E-state index contributed by atoms with van der Waals surface area (Å²) in [5, 5.41) is 8.13. The van der Waals surface area contributed by atoms with E-state index >= 15 is 0 Å². The number of nitrogens with zero attached hydrogens (tertiary/aromatic N) is 1. The normalized spacial score (nSPS) is 23.6. The SMILES string of the molecule is O=C(O)C1C=CC(Cl)(NS(=O)(=O)c2ccc(Cl)c(C(F)(F)F)c2)C=N1. The number of hydrogen-bond donors (Lipinski definition) is 2.